The quantitative estimate of drug-likeness (QED) is 0.557. The normalized spacial score (nSPS) is 11.3. The lowest BCUT2D eigenvalue weighted by atomic mass is 10.2. The van der Waals surface area contributed by atoms with Crippen LogP contribution in [0.4, 0.5) is 0 Å². The summed E-state index contributed by atoms with van der Waals surface area (Å²) in [6, 6.07) is 5.83. The summed E-state index contributed by atoms with van der Waals surface area (Å²) in [5, 5.41) is 0. The van der Waals surface area contributed by atoms with Crippen LogP contribution in [0.15, 0.2) is 28.8 Å². The van der Waals surface area contributed by atoms with E-state index in [4.69, 9.17) is 4.42 Å². The highest BCUT2D eigenvalue weighted by molar-refractivity contribution is 6.00. The lowest BCUT2D eigenvalue weighted by molar-refractivity contribution is 0.664. The highest BCUT2D eigenvalue weighted by atomic mass is 16.3. The van der Waals surface area contributed by atoms with Crippen molar-refractivity contribution >= 4 is 22.2 Å². The molecule has 0 N–H and O–H groups in total. The van der Waals surface area contributed by atoms with E-state index in [2.05, 4.69) is 9.97 Å². The minimum atomic E-state index is 0.803. The SMILES string of the molecule is Cc1ccc2oc3c(C)ccnc3c2n1. The molecule has 0 radical (unpaired) electrons. The van der Waals surface area contributed by atoms with Gasteiger partial charge in [0.25, 0.3) is 0 Å². The molecule has 0 aliphatic heterocycles. The second-order valence-corrected chi connectivity index (χ2v) is 3.71. The van der Waals surface area contributed by atoms with E-state index in [0.29, 0.717) is 0 Å². The molecule has 15 heavy (non-hydrogen) atoms. The number of nitrogens with zero attached hydrogens (tertiary/aromatic N) is 2. The van der Waals surface area contributed by atoms with Crippen molar-refractivity contribution in [1.29, 1.82) is 0 Å². The third-order valence-corrected chi connectivity index (χ3v) is 2.54. The van der Waals surface area contributed by atoms with Gasteiger partial charge < -0.3 is 4.42 Å². The molecule has 3 aromatic heterocycles. The Kier molecular flexibility index (Phi) is 1.57. The summed E-state index contributed by atoms with van der Waals surface area (Å²) in [5.41, 5.74) is 5.43. The molecule has 74 valence electrons. The molecule has 0 saturated heterocycles. The standard InChI is InChI=1S/C12H10N2O/c1-7-5-6-13-11-10-9(15-12(7)11)4-3-8(2)14-10/h3-6H,1-2H3. The van der Waals surface area contributed by atoms with Gasteiger partial charge in [-0.05, 0) is 37.6 Å². The summed E-state index contributed by atoms with van der Waals surface area (Å²) in [5.74, 6) is 0. The summed E-state index contributed by atoms with van der Waals surface area (Å²) < 4.78 is 5.71. The average molecular weight is 198 g/mol. The van der Waals surface area contributed by atoms with Crippen LogP contribution in [-0.2, 0) is 0 Å². The van der Waals surface area contributed by atoms with Crippen molar-refractivity contribution in [2.24, 2.45) is 0 Å². The fourth-order valence-electron chi connectivity index (χ4n) is 1.75. The maximum Gasteiger partial charge on any atom is 0.158 e. The minimum Gasteiger partial charge on any atom is -0.452 e. The Morgan fingerprint density at radius 1 is 1.07 bits per heavy atom. The summed E-state index contributed by atoms with van der Waals surface area (Å²) in [7, 11) is 0. The minimum absolute atomic E-state index is 0.803. The zero-order valence-electron chi connectivity index (χ0n) is 8.61. The van der Waals surface area contributed by atoms with Crippen LogP contribution in [0.5, 0.6) is 0 Å². The lowest BCUT2D eigenvalue weighted by Gasteiger charge is -1.91. The van der Waals surface area contributed by atoms with Crippen LogP contribution in [0.2, 0.25) is 0 Å². The van der Waals surface area contributed by atoms with Crippen LogP contribution in [0.25, 0.3) is 22.2 Å². The van der Waals surface area contributed by atoms with E-state index in [-0.39, 0.29) is 0 Å². The van der Waals surface area contributed by atoms with Gasteiger partial charge in [0.2, 0.25) is 0 Å². The van der Waals surface area contributed by atoms with Gasteiger partial charge in [-0.15, -0.1) is 0 Å². The number of aryl methyl sites for hydroxylation is 2. The fourth-order valence-corrected chi connectivity index (χ4v) is 1.75. The second-order valence-electron chi connectivity index (χ2n) is 3.71. The largest absolute Gasteiger partial charge is 0.452 e. The van der Waals surface area contributed by atoms with Crippen molar-refractivity contribution in [3.63, 3.8) is 0 Å². The number of aromatic nitrogens is 2. The number of pyridine rings is 2. The third kappa shape index (κ3) is 1.13. The van der Waals surface area contributed by atoms with E-state index in [1.807, 2.05) is 32.0 Å². The highest BCUT2D eigenvalue weighted by Crippen LogP contribution is 2.27. The van der Waals surface area contributed by atoms with Gasteiger partial charge in [-0.3, -0.25) is 4.98 Å². The monoisotopic (exact) mass is 198 g/mol. The van der Waals surface area contributed by atoms with E-state index < -0.39 is 0 Å². The van der Waals surface area contributed by atoms with Crippen molar-refractivity contribution < 1.29 is 4.42 Å². The maximum atomic E-state index is 5.71. The second kappa shape index (κ2) is 2.79. The molecular weight excluding hydrogens is 188 g/mol. The maximum absolute atomic E-state index is 5.71. The Balaban J connectivity index is 2.58. The van der Waals surface area contributed by atoms with Crippen LogP contribution < -0.4 is 0 Å². The molecule has 0 spiro atoms. The Morgan fingerprint density at radius 2 is 1.93 bits per heavy atom. The van der Waals surface area contributed by atoms with E-state index in [0.717, 1.165) is 33.5 Å². The summed E-state index contributed by atoms with van der Waals surface area (Å²) in [4.78, 5) is 8.76. The molecule has 0 aliphatic rings. The zero-order valence-corrected chi connectivity index (χ0v) is 8.61. The first-order valence-corrected chi connectivity index (χ1v) is 4.87. The first-order valence-electron chi connectivity index (χ1n) is 4.87. The van der Waals surface area contributed by atoms with Gasteiger partial charge in [0.1, 0.15) is 11.0 Å². The van der Waals surface area contributed by atoms with Gasteiger partial charge in [0, 0.05) is 11.9 Å². The number of furan rings is 1. The Labute approximate surface area is 86.8 Å². The van der Waals surface area contributed by atoms with Crippen LogP contribution in [0.3, 0.4) is 0 Å². The third-order valence-electron chi connectivity index (χ3n) is 2.54. The Hall–Kier alpha value is -1.90. The average Bonchev–Trinajstić information content (AvgIpc) is 2.58. The zero-order chi connectivity index (χ0) is 10.4. The van der Waals surface area contributed by atoms with Gasteiger partial charge >= 0.3 is 0 Å². The molecule has 0 bridgehead atoms. The van der Waals surface area contributed by atoms with Crippen LogP contribution in [-0.4, -0.2) is 9.97 Å². The smallest absolute Gasteiger partial charge is 0.158 e. The molecule has 0 aliphatic carbocycles. The van der Waals surface area contributed by atoms with Gasteiger partial charge in [-0.25, -0.2) is 4.98 Å². The summed E-state index contributed by atoms with van der Waals surface area (Å²) in [6.45, 7) is 3.98. The highest BCUT2D eigenvalue weighted by Gasteiger charge is 2.10. The van der Waals surface area contributed by atoms with E-state index in [1.54, 1.807) is 6.20 Å². The molecule has 3 rings (SSSR count). The number of hydrogen-bond acceptors (Lipinski definition) is 3. The van der Waals surface area contributed by atoms with Crippen molar-refractivity contribution in [2.45, 2.75) is 13.8 Å². The fraction of sp³-hybridized carbons (Fsp3) is 0.167. The number of fused-ring (bicyclic) bond motifs is 3. The molecule has 3 heteroatoms. The van der Waals surface area contributed by atoms with Gasteiger partial charge in [-0.2, -0.15) is 0 Å². The molecular formula is C12H10N2O. The van der Waals surface area contributed by atoms with E-state index in [9.17, 15) is 0 Å². The van der Waals surface area contributed by atoms with E-state index >= 15 is 0 Å². The van der Waals surface area contributed by atoms with Gasteiger partial charge in [-0.1, -0.05) is 0 Å². The number of hydrogen-bond donors (Lipinski definition) is 0. The van der Waals surface area contributed by atoms with Crippen LogP contribution in [0, 0.1) is 13.8 Å². The molecule has 0 amide bonds. The van der Waals surface area contributed by atoms with Crippen molar-refractivity contribution in [3.8, 4) is 0 Å². The lowest BCUT2D eigenvalue weighted by Crippen LogP contribution is -1.81. The predicted octanol–water partition coefficient (Wildman–Crippen LogP) is 2.99. The first kappa shape index (κ1) is 8.41. The molecule has 3 heterocycles. The van der Waals surface area contributed by atoms with Crippen LogP contribution >= 0.6 is 0 Å². The Bertz CT molecular complexity index is 655. The molecule has 0 fully saturated rings. The summed E-state index contributed by atoms with van der Waals surface area (Å²) in [6.07, 6.45) is 1.79. The molecule has 3 aromatic rings. The summed E-state index contributed by atoms with van der Waals surface area (Å²) >= 11 is 0. The predicted molar refractivity (Wildman–Crippen MR) is 58.8 cm³/mol. The van der Waals surface area contributed by atoms with Gasteiger partial charge in [0.15, 0.2) is 11.2 Å². The van der Waals surface area contributed by atoms with Crippen molar-refractivity contribution in [2.75, 3.05) is 0 Å². The molecule has 3 nitrogen and oxygen atoms in total. The topological polar surface area (TPSA) is 38.9 Å². The molecule has 0 unspecified atom stereocenters. The molecule has 0 atom stereocenters. The first-order chi connectivity index (χ1) is 7.25. The molecule has 0 aromatic carbocycles. The van der Waals surface area contributed by atoms with Crippen molar-refractivity contribution in [3.05, 3.63) is 35.7 Å². The van der Waals surface area contributed by atoms with Gasteiger partial charge in [0.05, 0.1) is 0 Å². The number of rotatable bonds is 0. The van der Waals surface area contributed by atoms with Crippen molar-refractivity contribution in [1.82, 2.24) is 9.97 Å². The Morgan fingerprint density at radius 3 is 2.80 bits per heavy atom. The molecule has 0 saturated carbocycles. The van der Waals surface area contributed by atoms with Crippen LogP contribution in [0.1, 0.15) is 11.3 Å². The van der Waals surface area contributed by atoms with E-state index in [1.165, 1.54) is 0 Å².